The van der Waals surface area contributed by atoms with Crippen molar-refractivity contribution in [2.45, 2.75) is 12.5 Å². The van der Waals surface area contributed by atoms with Gasteiger partial charge in [0.25, 0.3) is 5.91 Å². The third kappa shape index (κ3) is 2.88. The van der Waals surface area contributed by atoms with E-state index in [0.29, 0.717) is 18.7 Å². The SMILES string of the molecule is COc1cccc(C2CN(C(=O)c3cncc(O)c3)Cc3[nH]cnc32)c1. The number of hydrogen-bond donors (Lipinski definition) is 2. The molecule has 2 N–H and O–H groups in total. The molecule has 2 aromatic heterocycles. The maximum atomic E-state index is 12.9. The Morgan fingerprint density at radius 3 is 3.04 bits per heavy atom. The van der Waals surface area contributed by atoms with E-state index < -0.39 is 0 Å². The number of pyridine rings is 1. The molecule has 26 heavy (non-hydrogen) atoms. The molecular weight excluding hydrogens is 332 g/mol. The van der Waals surface area contributed by atoms with Crippen molar-refractivity contribution in [2.24, 2.45) is 0 Å². The highest BCUT2D eigenvalue weighted by Crippen LogP contribution is 2.33. The third-order valence-corrected chi connectivity index (χ3v) is 4.59. The molecule has 1 aliphatic heterocycles. The Morgan fingerprint density at radius 2 is 2.23 bits per heavy atom. The molecule has 1 atom stereocenters. The Hall–Kier alpha value is -3.35. The van der Waals surface area contributed by atoms with Gasteiger partial charge in [0.1, 0.15) is 11.5 Å². The molecule has 0 fully saturated rings. The molecule has 0 saturated carbocycles. The summed E-state index contributed by atoms with van der Waals surface area (Å²) in [4.78, 5) is 26.1. The average molecular weight is 350 g/mol. The van der Waals surface area contributed by atoms with Gasteiger partial charge in [-0.2, -0.15) is 0 Å². The molecule has 7 heteroatoms. The minimum Gasteiger partial charge on any atom is -0.506 e. The fraction of sp³-hybridized carbons (Fsp3) is 0.211. The highest BCUT2D eigenvalue weighted by molar-refractivity contribution is 5.94. The van der Waals surface area contributed by atoms with E-state index in [0.717, 1.165) is 22.7 Å². The zero-order valence-corrected chi connectivity index (χ0v) is 14.2. The van der Waals surface area contributed by atoms with Crippen LogP contribution in [0.25, 0.3) is 0 Å². The van der Waals surface area contributed by atoms with Gasteiger partial charge >= 0.3 is 0 Å². The first-order valence-electron chi connectivity index (χ1n) is 8.25. The Bertz CT molecular complexity index is 953. The summed E-state index contributed by atoms with van der Waals surface area (Å²) in [5.41, 5.74) is 3.24. The topological polar surface area (TPSA) is 91.3 Å². The first kappa shape index (κ1) is 16.1. The van der Waals surface area contributed by atoms with Crippen LogP contribution in [-0.4, -0.2) is 44.5 Å². The summed E-state index contributed by atoms with van der Waals surface area (Å²) in [6, 6.07) is 9.22. The van der Waals surface area contributed by atoms with Crippen LogP contribution in [0, 0.1) is 0 Å². The molecule has 0 bridgehead atoms. The van der Waals surface area contributed by atoms with Gasteiger partial charge in [0.05, 0.1) is 43.1 Å². The Labute approximate surface area is 150 Å². The molecule has 3 heterocycles. The predicted molar refractivity (Wildman–Crippen MR) is 94.1 cm³/mol. The smallest absolute Gasteiger partial charge is 0.255 e. The number of rotatable bonds is 3. The number of ether oxygens (including phenoxy) is 1. The maximum Gasteiger partial charge on any atom is 0.255 e. The molecule has 1 aromatic carbocycles. The number of hydrogen-bond acceptors (Lipinski definition) is 5. The quantitative estimate of drug-likeness (QED) is 0.756. The number of fused-ring (bicyclic) bond motifs is 1. The largest absolute Gasteiger partial charge is 0.506 e. The fourth-order valence-electron chi connectivity index (χ4n) is 3.32. The normalized spacial score (nSPS) is 16.2. The molecule has 7 nitrogen and oxygen atoms in total. The summed E-state index contributed by atoms with van der Waals surface area (Å²) in [5.74, 6) is 0.496. The van der Waals surface area contributed by atoms with E-state index in [1.54, 1.807) is 18.3 Å². The number of aromatic nitrogens is 3. The number of nitrogens with one attached hydrogen (secondary N) is 1. The summed E-state index contributed by atoms with van der Waals surface area (Å²) < 4.78 is 5.33. The van der Waals surface area contributed by atoms with E-state index in [1.165, 1.54) is 18.5 Å². The van der Waals surface area contributed by atoms with E-state index in [9.17, 15) is 9.90 Å². The van der Waals surface area contributed by atoms with Gasteiger partial charge in [-0.25, -0.2) is 4.98 Å². The first-order valence-corrected chi connectivity index (χ1v) is 8.25. The van der Waals surface area contributed by atoms with Crippen LogP contribution in [0.1, 0.15) is 33.2 Å². The Balaban J connectivity index is 1.69. The molecule has 3 aromatic rings. The fourth-order valence-corrected chi connectivity index (χ4v) is 3.32. The number of carbonyl (C=O) groups excluding carboxylic acids is 1. The molecule has 4 rings (SSSR count). The predicted octanol–water partition coefficient (Wildman–Crippen LogP) is 2.31. The summed E-state index contributed by atoms with van der Waals surface area (Å²) in [6.07, 6.45) is 4.42. The van der Waals surface area contributed by atoms with Crippen LogP contribution in [-0.2, 0) is 6.54 Å². The molecule has 1 aliphatic rings. The second-order valence-corrected chi connectivity index (χ2v) is 6.21. The van der Waals surface area contributed by atoms with Gasteiger partial charge in [0.15, 0.2) is 0 Å². The zero-order chi connectivity index (χ0) is 18.1. The molecular formula is C19H18N4O3. The second-order valence-electron chi connectivity index (χ2n) is 6.21. The van der Waals surface area contributed by atoms with E-state index in [2.05, 4.69) is 15.0 Å². The van der Waals surface area contributed by atoms with Crippen LogP contribution in [0.15, 0.2) is 49.1 Å². The highest BCUT2D eigenvalue weighted by Gasteiger charge is 2.32. The van der Waals surface area contributed by atoms with Crippen LogP contribution < -0.4 is 4.74 Å². The lowest BCUT2D eigenvalue weighted by atomic mass is 9.90. The van der Waals surface area contributed by atoms with Crippen molar-refractivity contribution in [1.29, 1.82) is 0 Å². The number of methoxy groups -OCH3 is 1. The summed E-state index contributed by atoms with van der Waals surface area (Å²) in [6.45, 7) is 0.920. The number of benzene rings is 1. The maximum absolute atomic E-state index is 12.9. The molecule has 0 aliphatic carbocycles. The van der Waals surface area contributed by atoms with Crippen molar-refractivity contribution < 1.29 is 14.6 Å². The monoisotopic (exact) mass is 350 g/mol. The Morgan fingerprint density at radius 1 is 1.35 bits per heavy atom. The average Bonchev–Trinajstić information content (AvgIpc) is 3.15. The molecule has 132 valence electrons. The highest BCUT2D eigenvalue weighted by atomic mass is 16.5. The van der Waals surface area contributed by atoms with E-state index >= 15 is 0 Å². The second kappa shape index (κ2) is 6.51. The van der Waals surface area contributed by atoms with E-state index in [-0.39, 0.29) is 17.6 Å². The van der Waals surface area contributed by atoms with Gasteiger partial charge in [-0.15, -0.1) is 0 Å². The van der Waals surface area contributed by atoms with Gasteiger partial charge < -0.3 is 19.7 Å². The lowest BCUT2D eigenvalue weighted by Gasteiger charge is -2.32. The standard InChI is InChI=1S/C19H18N4O3/c1-26-15-4-2-3-12(6-15)16-9-23(10-17-18(16)22-11-21-17)19(25)13-5-14(24)8-20-7-13/h2-8,11,16,24H,9-10H2,1H3,(H,21,22). The molecule has 0 spiro atoms. The number of aromatic hydroxyl groups is 1. The van der Waals surface area contributed by atoms with Gasteiger partial charge in [-0.1, -0.05) is 12.1 Å². The van der Waals surface area contributed by atoms with Crippen molar-refractivity contribution in [3.63, 3.8) is 0 Å². The first-order chi connectivity index (χ1) is 12.7. The van der Waals surface area contributed by atoms with Gasteiger partial charge in [0.2, 0.25) is 0 Å². The minimum absolute atomic E-state index is 0.0283. The number of imidazole rings is 1. The van der Waals surface area contributed by atoms with Gasteiger partial charge in [-0.3, -0.25) is 9.78 Å². The van der Waals surface area contributed by atoms with Gasteiger partial charge in [-0.05, 0) is 23.8 Å². The number of aromatic amines is 1. The van der Waals surface area contributed by atoms with Crippen LogP contribution >= 0.6 is 0 Å². The van der Waals surface area contributed by atoms with Crippen LogP contribution in [0.4, 0.5) is 0 Å². The summed E-state index contributed by atoms with van der Waals surface area (Å²) in [7, 11) is 1.63. The van der Waals surface area contributed by atoms with Crippen molar-refractivity contribution in [2.75, 3.05) is 13.7 Å². The Kier molecular flexibility index (Phi) is 4.04. The molecule has 1 amide bonds. The number of carbonyl (C=O) groups is 1. The van der Waals surface area contributed by atoms with Crippen molar-refractivity contribution in [1.82, 2.24) is 19.9 Å². The van der Waals surface area contributed by atoms with Crippen LogP contribution in [0.2, 0.25) is 0 Å². The number of H-pyrrole nitrogens is 1. The molecule has 0 saturated heterocycles. The molecule has 1 unspecified atom stereocenters. The van der Waals surface area contributed by atoms with Crippen molar-refractivity contribution >= 4 is 5.91 Å². The van der Waals surface area contributed by atoms with E-state index in [4.69, 9.17) is 4.74 Å². The lowest BCUT2D eigenvalue weighted by molar-refractivity contribution is 0.0721. The van der Waals surface area contributed by atoms with Crippen molar-refractivity contribution in [3.8, 4) is 11.5 Å². The van der Waals surface area contributed by atoms with Gasteiger partial charge in [0, 0.05) is 18.7 Å². The number of nitrogens with zero attached hydrogens (tertiary/aromatic N) is 3. The van der Waals surface area contributed by atoms with Crippen LogP contribution in [0.5, 0.6) is 11.5 Å². The summed E-state index contributed by atoms with van der Waals surface area (Å²) in [5, 5.41) is 9.61. The lowest BCUT2D eigenvalue weighted by Crippen LogP contribution is -2.38. The van der Waals surface area contributed by atoms with Crippen molar-refractivity contribution in [3.05, 3.63) is 71.6 Å². The minimum atomic E-state index is -0.179. The third-order valence-electron chi connectivity index (χ3n) is 4.59. The molecule has 0 radical (unpaired) electrons. The zero-order valence-electron chi connectivity index (χ0n) is 14.2. The van der Waals surface area contributed by atoms with E-state index in [1.807, 2.05) is 24.3 Å². The summed E-state index contributed by atoms with van der Waals surface area (Å²) >= 11 is 0. The number of amides is 1. The van der Waals surface area contributed by atoms with Crippen LogP contribution in [0.3, 0.4) is 0 Å².